The minimum absolute atomic E-state index is 0.901. The normalized spacial score (nSPS) is 15.2. The molecule has 0 saturated heterocycles. The van der Waals surface area contributed by atoms with E-state index < -0.39 is 0 Å². The van der Waals surface area contributed by atoms with Gasteiger partial charge in [-0.05, 0) is 23.9 Å². The summed E-state index contributed by atoms with van der Waals surface area (Å²) >= 11 is 0. The molecule has 94 valence electrons. The second-order valence-electron chi connectivity index (χ2n) is 4.57. The SMILES string of the molecule is c1ccc2[nH]c(CCNC3=NCCCN3)cc2c1. The van der Waals surface area contributed by atoms with Crippen molar-refractivity contribution in [1.82, 2.24) is 15.6 Å². The zero-order valence-corrected chi connectivity index (χ0v) is 10.4. The van der Waals surface area contributed by atoms with Gasteiger partial charge in [0.25, 0.3) is 0 Å². The van der Waals surface area contributed by atoms with Crippen LogP contribution in [0.2, 0.25) is 0 Å². The largest absolute Gasteiger partial charge is 0.358 e. The van der Waals surface area contributed by atoms with Crippen LogP contribution in [0.5, 0.6) is 0 Å². The third-order valence-electron chi connectivity index (χ3n) is 3.17. The molecule has 3 rings (SSSR count). The molecular formula is C14H18N4. The van der Waals surface area contributed by atoms with Crippen LogP contribution in [-0.4, -0.2) is 30.6 Å². The maximum absolute atomic E-state index is 4.39. The molecule has 0 saturated carbocycles. The molecule has 0 amide bonds. The van der Waals surface area contributed by atoms with Gasteiger partial charge in [0.15, 0.2) is 5.96 Å². The van der Waals surface area contributed by atoms with E-state index in [0.717, 1.165) is 38.4 Å². The first-order valence-electron chi connectivity index (χ1n) is 6.51. The smallest absolute Gasteiger partial charge is 0.191 e. The Labute approximate surface area is 107 Å². The standard InChI is InChI=1S/C14H18N4/c1-2-5-13-11(4-1)10-12(18-13)6-9-17-14-15-7-3-8-16-14/h1-2,4-5,10,18H,3,6-9H2,(H2,15,16,17). The van der Waals surface area contributed by atoms with Crippen LogP contribution in [0.3, 0.4) is 0 Å². The van der Waals surface area contributed by atoms with Crippen molar-refractivity contribution in [2.24, 2.45) is 4.99 Å². The lowest BCUT2D eigenvalue weighted by Crippen LogP contribution is -2.41. The van der Waals surface area contributed by atoms with Crippen LogP contribution in [0, 0.1) is 0 Å². The Hall–Kier alpha value is -1.97. The number of nitrogens with zero attached hydrogens (tertiary/aromatic N) is 1. The quantitative estimate of drug-likeness (QED) is 0.766. The molecular weight excluding hydrogens is 224 g/mol. The Morgan fingerprint density at radius 3 is 3.06 bits per heavy atom. The van der Waals surface area contributed by atoms with E-state index in [2.05, 4.69) is 50.9 Å². The Kier molecular flexibility index (Phi) is 3.17. The minimum Gasteiger partial charge on any atom is -0.358 e. The molecule has 1 aliphatic rings. The highest BCUT2D eigenvalue weighted by Gasteiger charge is 2.03. The minimum atomic E-state index is 0.901. The van der Waals surface area contributed by atoms with Crippen molar-refractivity contribution >= 4 is 16.9 Å². The Morgan fingerprint density at radius 2 is 2.22 bits per heavy atom. The third-order valence-corrected chi connectivity index (χ3v) is 3.17. The number of hydrogen-bond acceptors (Lipinski definition) is 3. The van der Waals surface area contributed by atoms with Gasteiger partial charge >= 0.3 is 0 Å². The van der Waals surface area contributed by atoms with Gasteiger partial charge < -0.3 is 15.6 Å². The Morgan fingerprint density at radius 1 is 1.28 bits per heavy atom. The second-order valence-corrected chi connectivity index (χ2v) is 4.57. The van der Waals surface area contributed by atoms with Crippen LogP contribution in [0.25, 0.3) is 10.9 Å². The van der Waals surface area contributed by atoms with E-state index in [0.29, 0.717) is 0 Å². The molecule has 0 radical (unpaired) electrons. The average molecular weight is 242 g/mol. The lowest BCUT2D eigenvalue weighted by molar-refractivity contribution is 0.699. The summed E-state index contributed by atoms with van der Waals surface area (Å²) < 4.78 is 0. The zero-order valence-electron chi connectivity index (χ0n) is 10.4. The molecule has 2 heterocycles. The van der Waals surface area contributed by atoms with Crippen molar-refractivity contribution in [3.63, 3.8) is 0 Å². The molecule has 0 atom stereocenters. The van der Waals surface area contributed by atoms with Gasteiger partial charge in [0.2, 0.25) is 0 Å². The van der Waals surface area contributed by atoms with E-state index in [4.69, 9.17) is 0 Å². The maximum atomic E-state index is 4.39. The van der Waals surface area contributed by atoms with E-state index in [1.54, 1.807) is 0 Å². The summed E-state index contributed by atoms with van der Waals surface area (Å²) in [6.45, 7) is 2.86. The first-order valence-corrected chi connectivity index (χ1v) is 6.51. The number of rotatable bonds is 3. The number of guanidine groups is 1. The van der Waals surface area contributed by atoms with E-state index in [1.807, 2.05) is 0 Å². The highest BCUT2D eigenvalue weighted by atomic mass is 15.2. The molecule has 4 heteroatoms. The predicted octanol–water partition coefficient (Wildman–Crippen LogP) is 1.65. The number of aliphatic imine (C=N–C) groups is 1. The fourth-order valence-electron chi connectivity index (χ4n) is 2.23. The Bertz CT molecular complexity index is 523. The number of aromatic amines is 1. The molecule has 1 aliphatic heterocycles. The molecule has 0 aliphatic carbocycles. The highest BCUT2D eigenvalue weighted by Crippen LogP contribution is 2.14. The summed E-state index contributed by atoms with van der Waals surface area (Å²) in [6.07, 6.45) is 2.11. The third kappa shape index (κ3) is 2.47. The topological polar surface area (TPSA) is 52.2 Å². The van der Waals surface area contributed by atoms with Crippen LogP contribution >= 0.6 is 0 Å². The average Bonchev–Trinajstić information content (AvgIpc) is 2.82. The van der Waals surface area contributed by atoms with E-state index in [1.165, 1.54) is 16.6 Å². The molecule has 3 N–H and O–H groups in total. The van der Waals surface area contributed by atoms with Crippen molar-refractivity contribution in [2.45, 2.75) is 12.8 Å². The van der Waals surface area contributed by atoms with Crippen LogP contribution in [0.15, 0.2) is 35.3 Å². The van der Waals surface area contributed by atoms with Crippen LogP contribution < -0.4 is 10.6 Å². The van der Waals surface area contributed by atoms with Crippen molar-refractivity contribution in [2.75, 3.05) is 19.6 Å². The number of H-pyrrole nitrogens is 1. The Balaban J connectivity index is 1.58. The molecule has 0 bridgehead atoms. The van der Waals surface area contributed by atoms with Crippen molar-refractivity contribution in [3.05, 3.63) is 36.0 Å². The number of fused-ring (bicyclic) bond motifs is 1. The number of hydrogen-bond donors (Lipinski definition) is 3. The summed E-state index contributed by atoms with van der Waals surface area (Å²) in [6, 6.07) is 10.6. The summed E-state index contributed by atoms with van der Waals surface area (Å²) in [5.74, 6) is 0.942. The van der Waals surface area contributed by atoms with Gasteiger partial charge in [-0.3, -0.25) is 4.99 Å². The summed E-state index contributed by atoms with van der Waals surface area (Å²) in [7, 11) is 0. The summed E-state index contributed by atoms with van der Waals surface area (Å²) in [5.41, 5.74) is 2.47. The van der Waals surface area contributed by atoms with E-state index in [9.17, 15) is 0 Å². The maximum Gasteiger partial charge on any atom is 0.191 e. The molecule has 1 aromatic heterocycles. The summed E-state index contributed by atoms with van der Waals surface area (Å²) in [5, 5.41) is 7.87. The van der Waals surface area contributed by atoms with E-state index in [-0.39, 0.29) is 0 Å². The van der Waals surface area contributed by atoms with Crippen LogP contribution in [0.1, 0.15) is 12.1 Å². The predicted molar refractivity (Wildman–Crippen MR) is 74.9 cm³/mol. The van der Waals surface area contributed by atoms with Gasteiger partial charge in [0, 0.05) is 37.3 Å². The second kappa shape index (κ2) is 5.12. The molecule has 0 spiro atoms. The fourth-order valence-corrected chi connectivity index (χ4v) is 2.23. The monoisotopic (exact) mass is 242 g/mol. The number of benzene rings is 1. The lowest BCUT2D eigenvalue weighted by Gasteiger charge is -2.15. The molecule has 0 fully saturated rings. The highest BCUT2D eigenvalue weighted by molar-refractivity contribution is 5.81. The number of nitrogens with one attached hydrogen (secondary N) is 3. The van der Waals surface area contributed by atoms with Gasteiger partial charge in [0.1, 0.15) is 0 Å². The van der Waals surface area contributed by atoms with E-state index >= 15 is 0 Å². The van der Waals surface area contributed by atoms with Gasteiger partial charge in [-0.2, -0.15) is 0 Å². The van der Waals surface area contributed by atoms with Crippen molar-refractivity contribution in [3.8, 4) is 0 Å². The number of aromatic nitrogens is 1. The molecule has 1 aromatic carbocycles. The molecule has 18 heavy (non-hydrogen) atoms. The lowest BCUT2D eigenvalue weighted by atomic mass is 10.2. The van der Waals surface area contributed by atoms with Gasteiger partial charge in [0.05, 0.1) is 0 Å². The van der Waals surface area contributed by atoms with Crippen LogP contribution in [-0.2, 0) is 6.42 Å². The zero-order chi connectivity index (χ0) is 12.2. The number of para-hydroxylation sites is 1. The molecule has 4 nitrogen and oxygen atoms in total. The molecule has 0 unspecified atom stereocenters. The van der Waals surface area contributed by atoms with Gasteiger partial charge in [-0.15, -0.1) is 0 Å². The first-order chi connectivity index (χ1) is 8.92. The van der Waals surface area contributed by atoms with Gasteiger partial charge in [-0.1, -0.05) is 18.2 Å². The first kappa shape index (κ1) is 11.1. The van der Waals surface area contributed by atoms with Crippen LogP contribution in [0.4, 0.5) is 0 Å². The fraction of sp³-hybridized carbons (Fsp3) is 0.357. The molecule has 2 aromatic rings. The van der Waals surface area contributed by atoms with Gasteiger partial charge in [-0.25, -0.2) is 0 Å². The summed E-state index contributed by atoms with van der Waals surface area (Å²) in [4.78, 5) is 7.82. The van der Waals surface area contributed by atoms with Crippen molar-refractivity contribution < 1.29 is 0 Å². The van der Waals surface area contributed by atoms with Crippen molar-refractivity contribution in [1.29, 1.82) is 0 Å².